The number of carbonyl (C=O) groups is 2. The summed E-state index contributed by atoms with van der Waals surface area (Å²) in [5.74, 6) is -0.0298. The Bertz CT molecular complexity index is 513. The molecule has 1 aromatic heterocycles. The summed E-state index contributed by atoms with van der Waals surface area (Å²) in [5.41, 5.74) is 0.509. The molecular formula is C14H20N4O3. The van der Waals surface area contributed by atoms with Crippen molar-refractivity contribution in [3.8, 4) is 0 Å². The Labute approximate surface area is 123 Å². The van der Waals surface area contributed by atoms with E-state index in [4.69, 9.17) is 5.11 Å². The Hall–Kier alpha value is -2.18. The van der Waals surface area contributed by atoms with E-state index >= 15 is 0 Å². The highest BCUT2D eigenvalue weighted by Gasteiger charge is 2.22. The Morgan fingerprint density at radius 3 is 2.57 bits per heavy atom. The minimum Gasteiger partial charge on any atom is -0.481 e. The molecule has 7 nitrogen and oxygen atoms in total. The molecule has 2 amide bonds. The van der Waals surface area contributed by atoms with Crippen LogP contribution in [-0.4, -0.2) is 45.6 Å². The summed E-state index contributed by atoms with van der Waals surface area (Å²) in [4.78, 5) is 32.5. The second-order valence-electron chi connectivity index (χ2n) is 5.59. The molecule has 21 heavy (non-hydrogen) atoms. The fraction of sp³-hybridized carbons (Fsp3) is 0.571. The average molecular weight is 292 g/mol. The summed E-state index contributed by atoms with van der Waals surface area (Å²) in [6.45, 7) is 1.70. The quantitative estimate of drug-likeness (QED) is 0.830. The second-order valence-corrected chi connectivity index (χ2v) is 5.59. The second kappa shape index (κ2) is 6.51. The number of urea groups is 1. The fourth-order valence-electron chi connectivity index (χ4n) is 1.90. The normalized spacial score (nSPS) is 15.3. The van der Waals surface area contributed by atoms with Crippen molar-refractivity contribution in [3.63, 3.8) is 0 Å². The SMILES string of the molecule is CC(CN(C)C(=O)Nc1cnc(CC2CC2)nc1)C(=O)O. The van der Waals surface area contributed by atoms with Crippen LogP contribution in [0.15, 0.2) is 12.4 Å². The number of aliphatic carboxylic acids is 1. The molecule has 1 aromatic rings. The summed E-state index contributed by atoms with van der Waals surface area (Å²) < 4.78 is 0. The first-order chi connectivity index (χ1) is 9.95. The molecule has 0 aromatic carbocycles. The van der Waals surface area contributed by atoms with E-state index in [0.717, 1.165) is 12.2 Å². The molecule has 1 heterocycles. The topological polar surface area (TPSA) is 95.4 Å². The summed E-state index contributed by atoms with van der Waals surface area (Å²) in [7, 11) is 1.55. The van der Waals surface area contributed by atoms with Crippen LogP contribution in [-0.2, 0) is 11.2 Å². The lowest BCUT2D eigenvalue weighted by atomic mass is 10.2. The van der Waals surface area contributed by atoms with Gasteiger partial charge in [0.25, 0.3) is 0 Å². The van der Waals surface area contributed by atoms with E-state index in [1.165, 1.54) is 17.7 Å². The zero-order chi connectivity index (χ0) is 15.4. The van der Waals surface area contributed by atoms with Crippen LogP contribution in [0.4, 0.5) is 10.5 Å². The van der Waals surface area contributed by atoms with Gasteiger partial charge in [-0.15, -0.1) is 0 Å². The van der Waals surface area contributed by atoms with Gasteiger partial charge in [0, 0.05) is 20.0 Å². The standard InChI is InChI=1S/C14H20N4O3/c1-9(13(19)20)8-18(2)14(21)17-11-6-15-12(16-7-11)5-10-3-4-10/h6-7,9-10H,3-5,8H2,1-2H3,(H,17,21)(H,19,20). The number of hydrogen-bond acceptors (Lipinski definition) is 4. The predicted octanol–water partition coefficient (Wildman–Crippen LogP) is 1.61. The highest BCUT2D eigenvalue weighted by Crippen LogP contribution is 2.31. The van der Waals surface area contributed by atoms with Gasteiger partial charge in [-0.25, -0.2) is 14.8 Å². The molecule has 1 atom stereocenters. The molecular weight excluding hydrogens is 272 g/mol. The van der Waals surface area contributed by atoms with Gasteiger partial charge in [-0.05, 0) is 18.8 Å². The van der Waals surface area contributed by atoms with Gasteiger partial charge in [0.2, 0.25) is 0 Å². The van der Waals surface area contributed by atoms with Crippen LogP contribution in [0.2, 0.25) is 0 Å². The van der Waals surface area contributed by atoms with Gasteiger partial charge >= 0.3 is 12.0 Å². The van der Waals surface area contributed by atoms with Crippen LogP contribution < -0.4 is 5.32 Å². The minimum absolute atomic E-state index is 0.141. The van der Waals surface area contributed by atoms with E-state index < -0.39 is 11.9 Å². The zero-order valence-electron chi connectivity index (χ0n) is 12.2. The number of rotatable bonds is 6. The van der Waals surface area contributed by atoms with Crippen LogP contribution in [0.5, 0.6) is 0 Å². The minimum atomic E-state index is -0.928. The Morgan fingerprint density at radius 2 is 2.05 bits per heavy atom. The Morgan fingerprint density at radius 1 is 1.43 bits per heavy atom. The number of anilines is 1. The lowest BCUT2D eigenvalue weighted by molar-refractivity contribution is -0.141. The van der Waals surface area contributed by atoms with Crippen molar-refractivity contribution < 1.29 is 14.7 Å². The highest BCUT2D eigenvalue weighted by molar-refractivity contribution is 5.89. The lowest BCUT2D eigenvalue weighted by Gasteiger charge is -2.19. The highest BCUT2D eigenvalue weighted by atomic mass is 16.4. The zero-order valence-corrected chi connectivity index (χ0v) is 12.2. The molecule has 1 aliphatic carbocycles. The third kappa shape index (κ3) is 4.70. The molecule has 2 rings (SSSR count). The molecule has 0 saturated heterocycles. The largest absolute Gasteiger partial charge is 0.481 e. The van der Waals surface area contributed by atoms with Gasteiger partial charge in [0.1, 0.15) is 5.82 Å². The van der Waals surface area contributed by atoms with Crippen LogP contribution in [0.3, 0.4) is 0 Å². The smallest absolute Gasteiger partial charge is 0.321 e. The first-order valence-electron chi connectivity index (χ1n) is 7.01. The van der Waals surface area contributed by atoms with Crippen molar-refractivity contribution in [3.05, 3.63) is 18.2 Å². The van der Waals surface area contributed by atoms with Crippen LogP contribution in [0, 0.1) is 11.8 Å². The number of carbonyl (C=O) groups excluding carboxylic acids is 1. The van der Waals surface area contributed by atoms with Crippen molar-refractivity contribution in [1.82, 2.24) is 14.9 Å². The number of hydrogen-bond donors (Lipinski definition) is 2. The third-order valence-electron chi connectivity index (χ3n) is 3.44. The Balaban J connectivity index is 1.84. The molecule has 0 aliphatic heterocycles. The molecule has 0 radical (unpaired) electrons. The first-order valence-corrected chi connectivity index (χ1v) is 7.01. The number of carboxylic acids is 1. The van der Waals surface area contributed by atoms with Gasteiger partial charge in [0.15, 0.2) is 0 Å². The third-order valence-corrected chi connectivity index (χ3v) is 3.44. The maximum Gasteiger partial charge on any atom is 0.321 e. The van der Waals surface area contributed by atoms with Gasteiger partial charge < -0.3 is 15.3 Å². The number of amides is 2. The van der Waals surface area contributed by atoms with E-state index in [1.807, 2.05) is 0 Å². The molecule has 1 unspecified atom stereocenters. The summed E-state index contributed by atoms with van der Waals surface area (Å²) >= 11 is 0. The Kier molecular flexibility index (Phi) is 4.72. The predicted molar refractivity (Wildman–Crippen MR) is 76.9 cm³/mol. The van der Waals surface area contributed by atoms with Crippen molar-refractivity contribution in [2.45, 2.75) is 26.2 Å². The maximum absolute atomic E-state index is 11.9. The summed E-state index contributed by atoms with van der Waals surface area (Å²) in [6, 6.07) is -0.373. The molecule has 0 spiro atoms. The van der Waals surface area contributed by atoms with Gasteiger partial charge in [-0.3, -0.25) is 4.79 Å². The molecule has 114 valence electrons. The molecule has 1 fully saturated rings. The summed E-state index contributed by atoms with van der Waals surface area (Å²) in [5, 5.41) is 11.5. The van der Waals surface area contributed by atoms with E-state index in [0.29, 0.717) is 11.6 Å². The van der Waals surface area contributed by atoms with Gasteiger partial charge in [-0.1, -0.05) is 6.92 Å². The van der Waals surface area contributed by atoms with Crippen LogP contribution in [0.25, 0.3) is 0 Å². The molecule has 1 saturated carbocycles. The van der Waals surface area contributed by atoms with Crippen molar-refractivity contribution in [2.24, 2.45) is 11.8 Å². The van der Waals surface area contributed by atoms with E-state index in [9.17, 15) is 9.59 Å². The van der Waals surface area contributed by atoms with Gasteiger partial charge in [-0.2, -0.15) is 0 Å². The average Bonchev–Trinajstić information content (AvgIpc) is 3.24. The van der Waals surface area contributed by atoms with E-state index in [2.05, 4.69) is 15.3 Å². The van der Waals surface area contributed by atoms with Crippen molar-refractivity contribution in [1.29, 1.82) is 0 Å². The van der Waals surface area contributed by atoms with Crippen LogP contribution >= 0.6 is 0 Å². The maximum atomic E-state index is 11.9. The molecule has 2 N–H and O–H groups in total. The first kappa shape index (κ1) is 15.2. The number of aromatic nitrogens is 2. The van der Waals surface area contributed by atoms with E-state index in [-0.39, 0.29) is 12.6 Å². The van der Waals surface area contributed by atoms with Gasteiger partial charge in [0.05, 0.1) is 24.0 Å². The summed E-state index contributed by atoms with van der Waals surface area (Å²) in [6.07, 6.45) is 6.54. The van der Waals surface area contributed by atoms with E-state index in [1.54, 1.807) is 26.4 Å². The fourth-order valence-corrected chi connectivity index (χ4v) is 1.90. The number of nitrogens with zero attached hydrogens (tertiary/aromatic N) is 3. The van der Waals surface area contributed by atoms with Crippen LogP contribution in [0.1, 0.15) is 25.6 Å². The van der Waals surface area contributed by atoms with Crippen molar-refractivity contribution >= 4 is 17.7 Å². The molecule has 0 bridgehead atoms. The number of carboxylic acid groups (broad SMARTS) is 1. The lowest BCUT2D eigenvalue weighted by Crippen LogP contribution is -2.36. The molecule has 1 aliphatic rings. The number of nitrogens with one attached hydrogen (secondary N) is 1. The monoisotopic (exact) mass is 292 g/mol. The molecule has 7 heteroatoms. The van der Waals surface area contributed by atoms with Crippen molar-refractivity contribution in [2.75, 3.05) is 18.9 Å².